The van der Waals surface area contributed by atoms with E-state index in [1.807, 2.05) is 0 Å². The van der Waals surface area contributed by atoms with Crippen LogP contribution in [0.15, 0.2) is 30.3 Å². The SMILES string of the molecule is CCCC(C)C(CNC(C)C)Cc1ccccc1. The molecule has 0 spiro atoms. The van der Waals surface area contributed by atoms with Gasteiger partial charge < -0.3 is 5.32 Å². The molecule has 0 aromatic heterocycles. The summed E-state index contributed by atoms with van der Waals surface area (Å²) in [4.78, 5) is 0. The molecule has 102 valence electrons. The molecule has 1 nitrogen and oxygen atoms in total. The molecule has 0 aliphatic heterocycles. The highest BCUT2D eigenvalue weighted by Crippen LogP contribution is 2.21. The molecule has 0 radical (unpaired) electrons. The zero-order valence-electron chi connectivity index (χ0n) is 12.4. The highest BCUT2D eigenvalue weighted by atomic mass is 14.9. The number of rotatable bonds is 8. The first-order valence-electron chi connectivity index (χ1n) is 7.40. The van der Waals surface area contributed by atoms with E-state index in [4.69, 9.17) is 0 Å². The van der Waals surface area contributed by atoms with Gasteiger partial charge in [-0.2, -0.15) is 0 Å². The van der Waals surface area contributed by atoms with Crippen LogP contribution in [-0.4, -0.2) is 12.6 Å². The smallest absolute Gasteiger partial charge is 0.00104 e. The van der Waals surface area contributed by atoms with Crippen LogP contribution in [0.5, 0.6) is 0 Å². The Labute approximate surface area is 113 Å². The van der Waals surface area contributed by atoms with E-state index in [9.17, 15) is 0 Å². The molecule has 0 fully saturated rings. The van der Waals surface area contributed by atoms with Crippen LogP contribution in [0.3, 0.4) is 0 Å². The minimum absolute atomic E-state index is 0.581. The minimum Gasteiger partial charge on any atom is -0.314 e. The largest absolute Gasteiger partial charge is 0.314 e. The van der Waals surface area contributed by atoms with Crippen molar-refractivity contribution in [2.24, 2.45) is 11.8 Å². The Hall–Kier alpha value is -0.820. The van der Waals surface area contributed by atoms with Gasteiger partial charge in [0.1, 0.15) is 0 Å². The standard InChI is InChI=1S/C17H29N/c1-5-9-15(4)17(13-18-14(2)3)12-16-10-7-6-8-11-16/h6-8,10-11,14-15,17-18H,5,9,12-13H2,1-4H3. The van der Waals surface area contributed by atoms with Gasteiger partial charge in [0.2, 0.25) is 0 Å². The highest BCUT2D eigenvalue weighted by Gasteiger charge is 2.17. The molecule has 1 rings (SSSR count). The molecule has 0 heterocycles. The highest BCUT2D eigenvalue weighted by molar-refractivity contribution is 5.15. The monoisotopic (exact) mass is 247 g/mol. The first-order chi connectivity index (χ1) is 8.63. The van der Waals surface area contributed by atoms with Crippen LogP contribution >= 0.6 is 0 Å². The Morgan fingerprint density at radius 3 is 2.28 bits per heavy atom. The van der Waals surface area contributed by atoms with Crippen molar-refractivity contribution >= 4 is 0 Å². The molecule has 1 N–H and O–H groups in total. The quantitative estimate of drug-likeness (QED) is 0.723. The van der Waals surface area contributed by atoms with Gasteiger partial charge in [0.05, 0.1) is 0 Å². The van der Waals surface area contributed by atoms with Gasteiger partial charge in [-0.1, -0.05) is 70.9 Å². The van der Waals surface area contributed by atoms with E-state index in [0.717, 1.165) is 18.4 Å². The average Bonchev–Trinajstić information content (AvgIpc) is 2.35. The zero-order valence-corrected chi connectivity index (χ0v) is 12.4. The molecule has 0 aliphatic rings. The fourth-order valence-electron chi connectivity index (χ4n) is 2.47. The predicted octanol–water partition coefficient (Wildman–Crippen LogP) is 4.28. The molecule has 2 unspecified atom stereocenters. The Morgan fingerprint density at radius 1 is 1.06 bits per heavy atom. The van der Waals surface area contributed by atoms with Crippen molar-refractivity contribution in [3.05, 3.63) is 35.9 Å². The van der Waals surface area contributed by atoms with Gasteiger partial charge in [0.15, 0.2) is 0 Å². The lowest BCUT2D eigenvalue weighted by molar-refractivity contribution is 0.310. The van der Waals surface area contributed by atoms with Crippen molar-refractivity contribution in [3.63, 3.8) is 0 Å². The van der Waals surface area contributed by atoms with Gasteiger partial charge in [0, 0.05) is 6.04 Å². The van der Waals surface area contributed by atoms with Gasteiger partial charge in [0.25, 0.3) is 0 Å². The summed E-state index contributed by atoms with van der Waals surface area (Å²) in [6.45, 7) is 10.3. The number of hydrogen-bond acceptors (Lipinski definition) is 1. The Morgan fingerprint density at radius 2 is 1.72 bits per heavy atom. The van der Waals surface area contributed by atoms with E-state index >= 15 is 0 Å². The second-order valence-corrected chi connectivity index (χ2v) is 5.78. The Balaban J connectivity index is 2.59. The van der Waals surface area contributed by atoms with Crippen LogP contribution in [0.1, 0.15) is 46.1 Å². The van der Waals surface area contributed by atoms with Crippen LogP contribution < -0.4 is 5.32 Å². The summed E-state index contributed by atoms with van der Waals surface area (Å²) in [6.07, 6.45) is 3.81. The van der Waals surface area contributed by atoms with Crippen molar-refractivity contribution < 1.29 is 0 Å². The van der Waals surface area contributed by atoms with E-state index in [1.165, 1.54) is 24.8 Å². The first kappa shape index (κ1) is 15.2. The van der Waals surface area contributed by atoms with Gasteiger partial charge in [-0.3, -0.25) is 0 Å². The van der Waals surface area contributed by atoms with Gasteiger partial charge in [-0.25, -0.2) is 0 Å². The molecule has 2 atom stereocenters. The molecular weight excluding hydrogens is 218 g/mol. The van der Waals surface area contributed by atoms with Crippen molar-refractivity contribution in [2.45, 2.75) is 53.0 Å². The zero-order chi connectivity index (χ0) is 13.4. The van der Waals surface area contributed by atoms with Crippen molar-refractivity contribution in [3.8, 4) is 0 Å². The molecular formula is C17H29N. The lowest BCUT2D eigenvalue weighted by atomic mass is 9.85. The third-order valence-corrected chi connectivity index (χ3v) is 3.68. The second-order valence-electron chi connectivity index (χ2n) is 5.78. The van der Waals surface area contributed by atoms with Crippen LogP contribution in [0.2, 0.25) is 0 Å². The summed E-state index contributed by atoms with van der Waals surface area (Å²) < 4.78 is 0. The normalized spacial score (nSPS) is 14.7. The number of benzene rings is 1. The number of nitrogens with one attached hydrogen (secondary N) is 1. The molecule has 0 aliphatic carbocycles. The summed E-state index contributed by atoms with van der Waals surface area (Å²) in [5.74, 6) is 1.54. The maximum atomic E-state index is 3.61. The van der Waals surface area contributed by atoms with Crippen molar-refractivity contribution in [1.29, 1.82) is 0 Å². The topological polar surface area (TPSA) is 12.0 Å². The van der Waals surface area contributed by atoms with E-state index in [2.05, 4.69) is 63.3 Å². The fourth-order valence-corrected chi connectivity index (χ4v) is 2.47. The lowest BCUT2D eigenvalue weighted by Gasteiger charge is -2.25. The lowest BCUT2D eigenvalue weighted by Crippen LogP contribution is -2.33. The van der Waals surface area contributed by atoms with E-state index < -0.39 is 0 Å². The summed E-state index contributed by atoms with van der Waals surface area (Å²) in [5.41, 5.74) is 1.47. The average molecular weight is 247 g/mol. The van der Waals surface area contributed by atoms with Crippen LogP contribution in [0.4, 0.5) is 0 Å². The molecule has 0 amide bonds. The summed E-state index contributed by atoms with van der Waals surface area (Å²) in [5, 5.41) is 3.61. The minimum atomic E-state index is 0.581. The molecule has 0 saturated carbocycles. The summed E-state index contributed by atoms with van der Waals surface area (Å²) in [6, 6.07) is 11.5. The van der Waals surface area contributed by atoms with E-state index in [-0.39, 0.29) is 0 Å². The Kier molecular flexibility index (Phi) is 7.04. The van der Waals surface area contributed by atoms with Crippen molar-refractivity contribution in [2.75, 3.05) is 6.54 Å². The number of hydrogen-bond donors (Lipinski definition) is 1. The molecule has 0 saturated heterocycles. The third kappa shape index (κ3) is 5.68. The van der Waals surface area contributed by atoms with Crippen LogP contribution in [0, 0.1) is 11.8 Å². The van der Waals surface area contributed by atoms with E-state index in [0.29, 0.717) is 6.04 Å². The summed E-state index contributed by atoms with van der Waals surface area (Å²) >= 11 is 0. The molecule has 0 bridgehead atoms. The van der Waals surface area contributed by atoms with Crippen LogP contribution in [-0.2, 0) is 6.42 Å². The Bertz CT molecular complexity index is 305. The maximum absolute atomic E-state index is 3.61. The molecule has 1 aromatic rings. The van der Waals surface area contributed by atoms with Gasteiger partial charge in [-0.05, 0) is 30.4 Å². The molecule has 18 heavy (non-hydrogen) atoms. The predicted molar refractivity (Wildman–Crippen MR) is 80.8 cm³/mol. The first-order valence-corrected chi connectivity index (χ1v) is 7.40. The van der Waals surface area contributed by atoms with Gasteiger partial charge >= 0.3 is 0 Å². The molecule has 1 heteroatoms. The van der Waals surface area contributed by atoms with Crippen molar-refractivity contribution in [1.82, 2.24) is 5.32 Å². The van der Waals surface area contributed by atoms with Gasteiger partial charge in [-0.15, -0.1) is 0 Å². The third-order valence-electron chi connectivity index (χ3n) is 3.68. The molecule has 1 aromatic carbocycles. The van der Waals surface area contributed by atoms with E-state index in [1.54, 1.807) is 0 Å². The maximum Gasteiger partial charge on any atom is 0.00104 e. The second kappa shape index (κ2) is 8.31. The summed E-state index contributed by atoms with van der Waals surface area (Å²) in [7, 11) is 0. The van der Waals surface area contributed by atoms with Crippen LogP contribution in [0.25, 0.3) is 0 Å². The fraction of sp³-hybridized carbons (Fsp3) is 0.647.